The average Bonchev–Trinajstić information content (AvgIpc) is 3.58. The Kier molecular flexibility index (Phi) is 8.64. The summed E-state index contributed by atoms with van der Waals surface area (Å²) < 4.78 is 51.8. The summed E-state index contributed by atoms with van der Waals surface area (Å²) >= 11 is 0. The Morgan fingerprint density at radius 2 is 1.79 bits per heavy atom. The summed E-state index contributed by atoms with van der Waals surface area (Å²) in [4.78, 5) is 43.3. The van der Waals surface area contributed by atoms with Crippen molar-refractivity contribution in [2.24, 2.45) is 5.73 Å². The number of anilines is 1. The number of nitrogens with zero attached hydrogens (tertiary/aromatic N) is 5. The first-order valence-corrected chi connectivity index (χ1v) is 15.1. The molecule has 0 saturated carbocycles. The third-order valence-corrected chi connectivity index (χ3v) is 9.04. The number of nitrogen functional groups attached to an aromatic ring is 1. The van der Waals surface area contributed by atoms with Crippen LogP contribution in [0.25, 0.3) is 11.2 Å². The van der Waals surface area contributed by atoms with Gasteiger partial charge in [0, 0.05) is 6.07 Å². The van der Waals surface area contributed by atoms with Gasteiger partial charge in [-0.05, 0) is 6.07 Å². The van der Waals surface area contributed by atoms with Gasteiger partial charge in [0.1, 0.15) is 41.8 Å². The minimum absolute atomic E-state index is 0.00753. The van der Waals surface area contributed by atoms with Crippen molar-refractivity contribution in [3.8, 4) is 0 Å². The molecule has 2 fully saturated rings. The number of rotatable bonds is 10. The lowest BCUT2D eigenvalue weighted by Gasteiger charge is -2.21. The number of phosphoric acid groups is 2. The van der Waals surface area contributed by atoms with E-state index in [2.05, 4.69) is 28.3 Å². The summed E-state index contributed by atoms with van der Waals surface area (Å²) in [5.41, 5.74) is 11.2. The second-order valence-electron chi connectivity index (χ2n) is 9.33. The zero-order valence-electron chi connectivity index (χ0n) is 21.5. The first-order chi connectivity index (χ1) is 20.2. The number of imidazole rings is 1. The summed E-state index contributed by atoms with van der Waals surface area (Å²) in [6.45, 7) is -0.930. The van der Waals surface area contributed by atoms with Gasteiger partial charge in [-0.2, -0.15) is 8.88 Å². The molecule has 0 aromatic carbocycles. The highest BCUT2D eigenvalue weighted by Gasteiger charge is 2.51. The number of carbonyl (C=O) groups excluding carboxylic acids is 1. The van der Waals surface area contributed by atoms with Gasteiger partial charge in [-0.25, -0.2) is 24.1 Å². The highest BCUT2D eigenvalue weighted by molar-refractivity contribution is 7.61. The van der Waals surface area contributed by atoms with Crippen molar-refractivity contribution in [2.45, 2.75) is 49.3 Å². The lowest BCUT2D eigenvalue weighted by molar-refractivity contribution is -0.765. The van der Waals surface area contributed by atoms with Gasteiger partial charge >= 0.3 is 15.6 Å². The van der Waals surface area contributed by atoms with E-state index < -0.39 is 77.4 Å². The molecule has 0 spiro atoms. The maximum atomic E-state index is 12.5. The molecule has 43 heavy (non-hydrogen) atoms. The van der Waals surface area contributed by atoms with E-state index in [-0.39, 0.29) is 22.5 Å². The van der Waals surface area contributed by atoms with Crippen molar-refractivity contribution in [1.29, 1.82) is 0 Å². The number of primary amides is 1. The van der Waals surface area contributed by atoms with Crippen LogP contribution in [0.5, 0.6) is 0 Å². The Bertz CT molecular complexity index is 1610. The predicted molar refractivity (Wildman–Crippen MR) is 135 cm³/mol. The smallest absolute Gasteiger partial charge is 0.387 e. The molecule has 0 aliphatic carbocycles. The Hall–Kier alpha value is -3.01. The number of aliphatic hydroxyl groups is 4. The van der Waals surface area contributed by atoms with Crippen LogP contribution in [-0.4, -0.2) is 99.1 Å². The van der Waals surface area contributed by atoms with E-state index in [1.807, 2.05) is 0 Å². The molecule has 23 heteroatoms. The van der Waals surface area contributed by atoms with E-state index in [0.717, 1.165) is 17.2 Å². The SMILES string of the molecule is NC(=O)c1ccc[n+]([C@@H]2O[C@H](COP(=O)(O)OP(=O)(O)O[C@H]3O[C@@H](n4cnc5c(N)ncnc54)[C@@H](O)C3O)C(O)[C@@H]2O)c1. The molecular weight excluding hydrogens is 624 g/mol. The molecule has 21 nitrogen and oxygen atoms in total. The first kappa shape index (κ1) is 31.4. The van der Waals surface area contributed by atoms with Crippen LogP contribution in [0.3, 0.4) is 0 Å². The summed E-state index contributed by atoms with van der Waals surface area (Å²) in [5.74, 6) is -0.764. The molecule has 2 aliphatic rings. The van der Waals surface area contributed by atoms with Gasteiger partial charge in [-0.1, -0.05) is 0 Å². The molecule has 1 amide bonds. The van der Waals surface area contributed by atoms with Crippen molar-refractivity contribution in [1.82, 2.24) is 19.5 Å². The van der Waals surface area contributed by atoms with Gasteiger partial charge in [0.15, 0.2) is 42.5 Å². The number of aromatic nitrogens is 5. The molecule has 3 aromatic rings. The van der Waals surface area contributed by atoms with Crippen molar-refractivity contribution < 1.29 is 71.5 Å². The molecule has 5 heterocycles. The van der Waals surface area contributed by atoms with Gasteiger partial charge in [-0.3, -0.25) is 18.4 Å². The maximum Gasteiger partial charge on any atom is 0.483 e. The molecule has 0 bridgehead atoms. The van der Waals surface area contributed by atoms with E-state index in [0.29, 0.717) is 0 Å². The number of amides is 1. The predicted octanol–water partition coefficient (Wildman–Crippen LogP) is -3.06. The van der Waals surface area contributed by atoms with Crippen LogP contribution in [0, 0.1) is 0 Å². The number of nitrogens with two attached hydrogens (primary N) is 2. The molecule has 0 radical (unpaired) electrons. The summed E-state index contributed by atoms with van der Waals surface area (Å²) in [6, 6.07) is 2.82. The van der Waals surface area contributed by atoms with E-state index in [9.17, 15) is 44.1 Å². The number of ether oxygens (including phenoxy) is 2. The van der Waals surface area contributed by atoms with E-state index in [1.54, 1.807) is 0 Å². The second kappa shape index (κ2) is 11.8. The fraction of sp³-hybridized carbons (Fsp3) is 0.450. The zero-order valence-corrected chi connectivity index (χ0v) is 23.3. The van der Waals surface area contributed by atoms with Crippen LogP contribution in [0.4, 0.5) is 5.82 Å². The van der Waals surface area contributed by atoms with Crippen LogP contribution in [0.15, 0.2) is 37.2 Å². The molecular formula is C20H26N7O14P2+. The van der Waals surface area contributed by atoms with E-state index in [1.165, 1.54) is 29.1 Å². The number of carbonyl (C=O) groups is 1. The minimum atomic E-state index is -5.56. The molecule has 5 rings (SSSR count). The van der Waals surface area contributed by atoms with Gasteiger partial charge < -0.3 is 51.2 Å². The summed E-state index contributed by atoms with van der Waals surface area (Å²) in [7, 11) is -11.0. The standard InChI is InChI=1S/C20H25N7O14P2/c21-15-10-17(24-6-23-15)27(7-25-10)19-13(30)14(31)20(39-19)40-43(35,36)41-42(33,34)37-5-9-11(28)12(29)18(38-9)26-3-1-2-8(4-26)16(22)32/h1-4,6-7,9,11-14,18-20,28-31H,5H2,(H5-,21,22,23,24,32,33,34,35,36)/p+1/t9-,11?,12+,13+,14?,18-,19-,20-/m1/s1. The fourth-order valence-corrected chi connectivity index (χ4v) is 6.54. The number of phosphoric ester groups is 2. The normalized spacial score (nSPS) is 32.0. The lowest BCUT2D eigenvalue weighted by Crippen LogP contribution is -2.46. The van der Waals surface area contributed by atoms with Crippen LogP contribution in [0.2, 0.25) is 0 Å². The topological polar surface area (TPSA) is 318 Å². The van der Waals surface area contributed by atoms with Crippen molar-refractivity contribution in [3.05, 3.63) is 42.7 Å². The van der Waals surface area contributed by atoms with Crippen LogP contribution in [0.1, 0.15) is 22.8 Å². The van der Waals surface area contributed by atoms with Crippen molar-refractivity contribution >= 4 is 38.5 Å². The largest absolute Gasteiger partial charge is 0.483 e. The molecule has 4 unspecified atom stereocenters. The van der Waals surface area contributed by atoms with Gasteiger partial charge in [0.25, 0.3) is 12.1 Å². The second-order valence-corrected chi connectivity index (χ2v) is 12.3. The highest BCUT2D eigenvalue weighted by Crippen LogP contribution is 2.61. The van der Waals surface area contributed by atoms with Gasteiger partial charge in [-0.15, -0.1) is 0 Å². The van der Waals surface area contributed by atoms with Gasteiger partial charge in [0.2, 0.25) is 0 Å². The maximum absolute atomic E-state index is 12.5. The van der Waals surface area contributed by atoms with Gasteiger partial charge in [0.05, 0.1) is 12.9 Å². The highest BCUT2D eigenvalue weighted by atomic mass is 31.3. The van der Waals surface area contributed by atoms with E-state index in [4.69, 9.17) is 20.9 Å². The Balaban J connectivity index is 1.20. The third-order valence-electron chi connectivity index (χ3n) is 6.44. The first-order valence-electron chi connectivity index (χ1n) is 12.1. The molecule has 10 atom stereocenters. The number of fused-ring (bicyclic) bond motifs is 1. The molecule has 10 N–H and O–H groups in total. The number of hydrogen-bond acceptors (Lipinski definition) is 16. The zero-order chi connectivity index (χ0) is 31.3. The van der Waals surface area contributed by atoms with Crippen molar-refractivity contribution in [3.63, 3.8) is 0 Å². The Morgan fingerprint density at radius 3 is 2.51 bits per heavy atom. The van der Waals surface area contributed by atoms with Crippen LogP contribution in [-0.2, 0) is 32.0 Å². The van der Waals surface area contributed by atoms with Crippen molar-refractivity contribution in [2.75, 3.05) is 12.3 Å². The van der Waals surface area contributed by atoms with E-state index >= 15 is 0 Å². The molecule has 3 aromatic heterocycles. The fourth-order valence-electron chi connectivity index (χ4n) is 4.38. The molecule has 2 aliphatic heterocycles. The monoisotopic (exact) mass is 650 g/mol. The van der Waals surface area contributed by atoms with Crippen LogP contribution >= 0.6 is 15.6 Å². The number of hydrogen-bond donors (Lipinski definition) is 8. The Morgan fingerprint density at radius 1 is 1.05 bits per heavy atom. The van der Waals surface area contributed by atoms with Crippen LogP contribution < -0.4 is 16.0 Å². The third kappa shape index (κ3) is 6.44. The summed E-state index contributed by atoms with van der Waals surface area (Å²) in [6.07, 6.45) is -8.35. The summed E-state index contributed by atoms with van der Waals surface area (Å²) in [5, 5.41) is 41.5. The lowest BCUT2D eigenvalue weighted by atomic mass is 10.1. The quantitative estimate of drug-likeness (QED) is 0.0797. The Labute approximate surface area is 240 Å². The molecule has 234 valence electrons. The molecule has 2 saturated heterocycles. The minimum Gasteiger partial charge on any atom is -0.387 e. The average molecular weight is 650 g/mol. The number of aliphatic hydroxyl groups excluding tert-OH is 4. The number of pyridine rings is 1.